The summed E-state index contributed by atoms with van der Waals surface area (Å²) in [5.41, 5.74) is 0. The average Bonchev–Trinajstić information content (AvgIpc) is 2.82. The molecule has 1 N–H and O–H groups in total. The molecule has 0 bridgehead atoms. The Hall–Kier alpha value is -1.14. The highest BCUT2D eigenvalue weighted by molar-refractivity contribution is 9.11. The Morgan fingerprint density at radius 1 is 1.40 bits per heavy atom. The van der Waals surface area contributed by atoms with Crippen LogP contribution in [0.15, 0.2) is 22.0 Å². The van der Waals surface area contributed by atoms with Crippen LogP contribution in [-0.4, -0.2) is 35.0 Å². The summed E-state index contributed by atoms with van der Waals surface area (Å²) in [6.07, 6.45) is 5.17. The van der Waals surface area contributed by atoms with Gasteiger partial charge in [-0.05, 0) is 52.9 Å². The minimum atomic E-state index is -0.752. The third-order valence-corrected chi connectivity index (χ3v) is 4.96. The highest BCUT2D eigenvalue weighted by Crippen LogP contribution is 2.24. The normalized spacial score (nSPS) is 16.8. The van der Waals surface area contributed by atoms with Crippen molar-refractivity contribution in [1.29, 1.82) is 0 Å². The second kappa shape index (κ2) is 7.04. The standard InChI is InChI=1S/C14H16BrNO3S/c15-12-3-1-11(20-12)2-4-13(17)16-7-5-10(6-8-16)9-14(18)19/h1-4,10H,5-9H2,(H,18,19). The summed E-state index contributed by atoms with van der Waals surface area (Å²) in [6.45, 7) is 1.30. The van der Waals surface area contributed by atoms with Crippen LogP contribution in [0.3, 0.4) is 0 Å². The Balaban J connectivity index is 1.82. The molecule has 0 atom stereocenters. The van der Waals surface area contributed by atoms with Crippen LogP contribution >= 0.6 is 27.3 Å². The minimum absolute atomic E-state index is 0.00305. The molecular weight excluding hydrogens is 342 g/mol. The van der Waals surface area contributed by atoms with Gasteiger partial charge in [-0.25, -0.2) is 0 Å². The molecule has 0 aromatic carbocycles. The molecule has 0 spiro atoms. The maximum atomic E-state index is 12.0. The second-order valence-corrected chi connectivity index (χ2v) is 7.34. The van der Waals surface area contributed by atoms with Gasteiger partial charge in [-0.3, -0.25) is 9.59 Å². The Morgan fingerprint density at radius 3 is 2.65 bits per heavy atom. The number of hydrogen-bond acceptors (Lipinski definition) is 3. The van der Waals surface area contributed by atoms with Crippen LogP contribution in [0.4, 0.5) is 0 Å². The average molecular weight is 358 g/mol. The van der Waals surface area contributed by atoms with Crippen molar-refractivity contribution in [3.8, 4) is 0 Å². The van der Waals surface area contributed by atoms with Gasteiger partial charge >= 0.3 is 5.97 Å². The van der Waals surface area contributed by atoms with Crippen LogP contribution in [0.2, 0.25) is 0 Å². The summed E-state index contributed by atoms with van der Waals surface area (Å²) in [5, 5.41) is 8.76. The number of carbonyl (C=O) groups is 2. The number of aliphatic carboxylic acids is 1. The van der Waals surface area contributed by atoms with Gasteiger partial charge in [0.1, 0.15) is 0 Å². The minimum Gasteiger partial charge on any atom is -0.481 e. The van der Waals surface area contributed by atoms with Crippen molar-refractivity contribution in [3.63, 3.8) is 0 Å². The number of likely N-dealkylation sites (tertiary alicyclic amines) is 1. The summed E-state index contributed by atoms with van der Waals surface area (Å²) in [4.78, 5) is 25.5. The Labute approximate surface area is 130 Å². The van der Waals surface area contributed by atoms with Crippen molar-refractivity contribution in [2.75, 3.05) is 13.1 Å². The maximum absolute atomic E-state index is 12.0. The lowest BCUT2D eigenvalue weighted by Crippen LogP contribution is -2.37. The van der Waals surface area contributed by atoms with Gasteiger partial charge in [0.15, 0.2) is 0 Å². The number of carbonyl (C=O) groups excluding carboxylic acids is 1. The van der Waals surface area contributed by atoms with E-state index in [1.54, 1.807) is 22.3 Å². The molecule has 1 aliphatic rings. The highest BCUT2D eigenvalue weighted by Gasteiger charge is 2.23. The second-order valence-electron chi connectivity index (χ2n) is 4.84. The number of carboxylic acid groups (broad SMARTS) is 1. The first-order chi connectivity index (χ1) is 9.54. The summed E-state index contributed by atoms with van der Waals surface area (Å²) >= 11 is 4.96. The van der Waals surface area contributed by atoms with Crippen LogP contribution in [0.25, 0.3) is 6.08 Å². The fraction of sp³-hybridized carbons (Fsp3) is 0.429. The largest absolute Gasteiger partial charge is 0.481 e. The van der Waals surface area contributed by atoms with E-state index in [9.17, 15) is 9.59 Å². The molecule has 0 radical (unpaired) electrons. The molecule has 0 saturated carbocycles. The van der Waals surface area contributed by atoms with E-state index in [0.29, 0.717) is 13.1 Å². The fourth-order valence-electron chi connectivity index (χ4n) is 2.28. The summed E-state index contributed by atoms with van der Waals surface area (Å²) < 4.78 is 1.04. The van der Waals surface area contributed by atoms with Crippen molar-refractivity contribution in [1.82, 2.24) is 4.90 Å². The number of piperidine rings is 1. The lowest BCUT2D eigenvalue weighted by Gasteiger charge is -2.30. The van der Waals surface area contributed by atoms with Crippen molar-refractivity contribution < 1.29 is 14.7 Å². The molecule has 108 valence electrons. The molecule has 20 heavy (non-hydrogen) atoms. The quantitative estimate of drug-likeness (QED) is 0.841. The Morgan fingerprint density at radius 2 is 2.10 bits per heavy atom. The van der Waals surface area contributed by atoms with Crippen LogP contribution in [0.5, 0.6) is 0 Å². The molecule has 1 aromatic rings. The predicted molar refractivity (Wildman–Crippen MR) is 82.6 cm³/mol. The number of thiophene rings is 1. The first-order valence-electron chi connectivity index (χ1n) is 6.48. The van der Waals surface area contributed by atoms with Crippen molar-refractivity contribution in [2.24, 2.45) is 5.92 Å². The number of amides is 1. The molecule has 2 heterocycles. The van der Waals surface area contributed by atoms with Crippen LogP contribution in [0.1, 0.15) is 24.1 Å². The fourth-order valence-corrected chi connectivity index (χ4v) is 3.61. The van der Waals surface area contributed by atoms with Gasteiger partial charge in [0, 0.05) is 30.5 Å². The Kier molecular flexibility index (Phi) is 5.37. The molecular formula is C14H16BrNO3S. The third kappa shape index (κ3) is 4.45. The van der Waals surface area contributed by atoms with Gasteiger partial charge in [0.2, 0.25) is 5.91 Å². The van der Waals surface area contributed by atoms with E-state index in [-0.39, 0.29) is 18.2 Å². The summed E-state index contributed by atoms with van der Waals surface area (Å²) in [7, 11) is 0. The summed E-state index contributed by atoms with van der Waals surface area (Å²) in [6, 6.07) is 3.91. The van der Waals surface area contributed by atoms with Crippen molar-refractivity contribution >= 4 is 45.2 Å². The molecule has 1 saturated heterocycles. The molecule has 1 aliphatic heterocycles. The van der Waals surface area contributed by atoms with Crippen molar-refractivity contribution in [3.05, 3.63) is 26.9 Å². The van der Waals surface area contributed by atoms with E-state index in [0.717, 1.165) is 21.5 Å². The van der Waals surface area contributed by atoms with Crippen molar-refractivity contribution in [2.45, 2.75) is 19.3 Å². The number of hydrogen-bond donors (Lipinski definition) is 1. The number of rotatable bonds is 4. The van der Waals surface area contributed by atoms with E-state index in [2.05, 4.69) is 15.9 Å². The van der Waals surface area contributed by atoms with E-state index in [4.69, 9.17) is 5.11 Å². The number of carboxylic acids is 1. The molecule has 1 aromatic heterocycles. The highest BCUT2D eigenvalue weighted by atomic mass is 79.9. The predicted octanol–water partition coefficient (Wildman–Crippen LogP) is 3.24. The van der Waals surface area contributed by atoms with Gasteiger partial charge in [0.05, 0.1) is 3.79 Å². The van der Waals surface area contributed by atoms with Gasteiger partial charge in [-0.2, -0.15) is 0 Å². The van der Waals surface area contributed by atoms with Crippen LogP contribution in [-0.2, 0) is 9.59 Å². The van der Waals surface area contributed by atoms with Gasteiger partial charge in [-0.15, -0.1) is 11.3 Å². The molecule has 6 heteroatoms. The van der Waals surface area contributed by atoms with Gasteiger partial charge in [-0.1, -0.05) is 0 Å². The molecule has 0 unspecified atom stereocenters. The lowest BCUT2D eigenvalue weighted by atomic mass is 9.93. The van der Waals surface area contributed by atoms with E-state index in [1.807, 2.05) is 18.2 Å². The smallest absolute Gasteiger partial charge is 0.303 e. The zero-order valence-electron chi connectivity index (χ0n) is 10.9. The van der Waals surface area contributed by atoms with E-state index >= 15 is 0 Å². The summed E-state index contributed by atoms with van der Waals surface area (Å²) in [5.74, 6) is -0.546. The van der Waals surface area contributed by atoms with E-state index in [1.165, 1.54) is 0 Å². The van der Waals surface area contributed by atoms with Gasteiger partial charge in [0.25, 0.3) is 0 Å². The number of halogens is 1. The topological polar surface area (TPSA) is 57.6 Å². The molecule has 1 amide bonds. The first kappa shape index (κ1) is 15.3. The zero-order valence-corrected chi connectivity index (χ0v) is 13.3. The molecule has 1 fully saturated rings. The monoisotopic (exact) mass is 357 g/mol. The van der Waals surface area contributed by atoms with Crippen LogP contribution in [0, 0.1) is 5.92 Å². The third-order valence-electron chi connectivity index (χ3n) is 3.37. The first-order valence-corrected chi connectivity index (χ1v) is 8.09. The molecule has 4 nitrogen and oxygen atoms in total. The number of nitrogens with zero attached hydrogens (tertiary/aromatic N) is 1. The Bertz CT molecular complexity index is 518. The zero-order chi connectivity index (χ0) is 14.5. The molecule has 0 aliphatic carbocycles. The lowest BCUT2D eigenvalue weighted by molar-refractivity contribution is -0.138. The van der Waals surface area contributed by atoms with E-state index < -0.39 is 5.97 Å². The van der Waals surface area contributed by atoms with Crippen LogP contribution < -0.4 is 0 Å². The molecule has 2 rings (SSSR count). The maximum Gasteiger partial charge on any atom is 0.303 e. The van der Waals surface area contributed by atoms with Gasteiger partial charge < -0.3 is 10.0 Å². The SMILES string of the molecule is O=C(O)CC1CCN(C(=O)C=Cc2ccc(Br)s2)CC1.